The number of carboxylic acids is 1. The Morgan fingerprint density at radius 3 is 2.13 bits per heavy atom. The molecule has 0 aliphatic carbocycles. The second-order valence-electron chi connectivity index (χ2n) is 6.10. The lowest BCUT2D eigenvalue weighted by Crippen LogP contribution is -2.49. The largest absolute Gasteiger partial charge is 0.481 e. The number of ether oxygens (including phenoxy) is 3. The Morgan fingerprint density at radius 1 is 0.967 bits per heavy atom. The number of carbonyl (C=O) groups excluding carboxylic acids is 2. The molecule has 2 atom stereocenters. The van der Waals surface area contributed by atoms with E-state index in [2.05, 4.69) is 20.6 Å². The highest BCUT2D eigenvalue weighted by molar-refractivity contribution is 6.00. The van der Waals surface area contributed by atoms with Crippen LogP contribution < -0.4 is 24.8 Å². The molecule has 160 valence electrons. The van der Waals surface area contributed by atoms with E-state index in [1.807, 2.05) is 0 Å². The van der Waals surface area contributed by atoms with Crippen molar-refractivity contribution in [1.82, 2.24) is 20.6 Å². The van der Waals surface area contributed by atoms with E-state index in [0.717, 1.165) is 0 Å². The lowest BCUT2D eigenvalue weighted by molar-refractivity contribution is -0.141. The average molecular weight is 418 g/mol. The number of nitrogens with zero attached hydrogens (tertiary/aromatic N) is 2. The number of carboxylic acid groups (broad SMARTS) is 1. The number of methoxy groups -OCH3 is 2. The Bertz CT molecular complexity index is 913. The maximum atomic E-state index is 12.7. The highest BCUT2D eigenvalue weighted by Gasteiger charge is 2.22. The van der Waals surface area contributed by atoms with Crippen LogP contribution in [0.3, 0.4) is 0 Å². The minimum absolute atomic E-state index is 0.104. The maximum absolute atomic E-state index is 12.7. The second kappa shape index (κ2) is 10.0. The maximum Gasteiger partial charge on any atom is 0.328 e. The van der Waals surface area contributed by atoms with E-state index in [-0.39, 0.29) is 29.1 Å². The Morgan fingerprint density at radius 2 is 1.57 bits per heavy atom. The van der Waals surface area contributed by atoms with Gasteiger partial charge in [0.05, 0.1) is 25.8 Å². The van der Waals surface area contributed by atoms with E-state index in [4.69, 9.17) is 19.3 Å². The molecule has 30 heavy (non-hydrogen) atoms. The highest BCUT2D eigenvalue weighted by Crippen LogP contribution is 2.26. The molecule has 0 aliphatic heterocycles. The average Bonchev–Trinajstić information content (AvgIpc) is 2.73. The van der Waals surface area contributed by atoms with Crippen molar-refractivity contribution >= 4 is 17.8 Å². The molecular formula is C19H22N4O7. The zero-order valence-electron chi connectivity index (χ0n) is 16.8. The lowest BCUT2D eigenvalue weighted by atomic mass is 10.1. The minimum atomic E-state index is -1.19. The molecule has 0 radical (unpaired) electrons. The molecule has 1 aromatic carbocycles. The van der Waals surface area contributed by atoms with Gasteiger partial charge in [0.2, 0.25) is 17.7 Å². The Balaban J connectivity index is 2.17. The summed E-state index contributed by atoms with van der Waals surface area (Å²) in [5, 5.41) is 13.7. The number of amides is 2. The van der Waals surface area contributed by atoms with Crippen LogP contribution in [0.2, 0.25) is 0 Å². The number of hydrogen-bond acceptors (Lipinski definition) is 8. The number of rotatable bonds is 9. The minimum Gasteiger partial charge on any atom is -0.481 e. The van der Waals surface area contributed by atoms with Gasteiger partial charge in [0.1, 0.15) is 17.8 Å². The van der Waals surface area contributed by atoms with Gasteiger partial charge >= 0.3 is 12.0 Å². The van der Waals surface area contributed by atoms with Crippen LogP contribution in [0.4, 0.5) is 0 Å². The van der Waals surface area contributed by atoms with Gasteiger partial charge < -0.3 is 30.0 Å². The molecule has 2 aromatic rings. The normalized spacial score (nSPS) is 12.3. The first-order valence-electron chi connectivity index (χ1n) is 8.83. The van der Waals surface area contributed by atoms with Gasteiger partial charge in [-0.1, -0.05) is 12.1 Å². The van der Waals surface area contributed by atoms with Crippen LogP contribution >= 0.6 is 0 Å². The fraction of sp³-hybridized carbons (Fsp3) is 0.316. The monoisotopic (exact) mass is 418 g/mol. The molecule has 2 amide bonds. The molecule has 2 rings (SSSR count). The van der Waals surface area contributed by atoms with Crippen LogP contribution in [0, 0.1) is 0 Å². The number of hydrogen-bond donors (Lipinski definition) is 3. The summed E-state index contributed by atoms with van der Waals surface area (Å²) in [7, 11) is 2.84. The molecule has 11 nitrogen and oxygen atoms in total. The van der Waals surface area contributed by atoms with Crippen LogP contribution in [-0.4, -0.2) is 59.2 Å². The first-order valence-corrected chi connectivity index (χ1v) is 8.83. The molecule has 0 saturated carbocycles. The summed E-state index contributed by atoms with van der Waals surface area (Å²) in [6, 6.07) is 5.57. The van der Waals surface area contributed by atoms with E-state index in [9.17, 15) is 14.4 Å². The molecular weight excluding hydrogens is 396 g/mol. The van der Waals surface area contributed by atoms with E-state index >= 15 is 0 Å². The van der Waals surface area contributed by atoms with Crippen molar-refractivity contribution in [3.8, 4) is 23.5 Å². The topological polar surface area (TPSA) is 149 Å². The van der Waals surface area contributed by atoms with Crippen molar-refractivity contribution in [2.45, 2.75) is 25.9 Å². The summed E-state index contributed by atoms with van der Waals surface area (Å²) in [6.07, 6.45) is 0. The highest BCUT2D eigenvalue weighted by atomic mass is 16.5. The van der Waals surface area contributed by atoms with Crippen LogP contribution in [0.5, 0.6) is 23.5 Å². The molecule has 0 bridgehead atoms. The summed E-state index contributed by atoms with van der Waals surface area (Å²) < 4.78 is 15.8. The predicted molar refractivity (Wildman–Crippen MR) is 104 cm³/mol. The van der Waals surface area contributed by atoms with Gasteiger partial charge in [-0.05, 0) is 26.0 Å². The number of nitrogens with one attached hydrogen (secondary N) is 2. The van der Waals surface area contributed by atoms with Crippen molar-refractivity contribution in [3.05, 3.63) is 35.9 Å². The van der Waals surface area contributed by atoms with Crippen molar-refractivity contribution in [2.75, 3.05) is 14.2 Å². The SMILES string of the molecule is COc1cc(OC)nc(Oc2ccccc2C(=O)NC(C)C(=O)NC(C)C(=O)O)n1. The smallest absolute Gasteiger partial charge is 0.328 e. The second-order valence-corrected chi connectivity index (χ2v) is 6.10. The number of para-hydroxylation sites is 1. The quantitative estimate of drug-likeness (QED) is 0.542. The Kier molecular flexibility index (Phi) is 7.50. The van der Waals surface area contributed by atoms with Gasteiger partial charge in [0, 0.05) is 0 Å². The van der Waals surface area contributed by atoms with Gasteiger partial charge in [-0.3, -0.25) is 14.4 Å². The third kappa shape index (κ3) is 5.80. The number of aliphatic carboxylic acids is 1. The summed E-state index contributed by atoms with van der Waals surface area (Å²) in [5.74, 6) is -1.89. The summed E-state index contributed by atoms with van der Waals surface area (Å²) in [5.41, 5.74) is 0.119. The van der Waals surface area contributed by atoms with Gasteiger partial charge in [-0.15, -0.1) is 0 Å². The molecule has 3 N–H and O–H groups in total. The molecule has 0 aliphatic rings. The molecule has 11 heteroatoms. The van der Waals surface area contributed by atoms with Crippen LogP contribution in [0.1, 0.15) is 24.2 Å². The van der Waals surface area contributed by atoms with Gasteiger partial charge in [-0.25, -0.2) is 0 Å². The molecule has 0 fully saturated rings. The number of carbonyl (C=O) groups is 3. The zero-order chi connectivity index (χ0) is 22.3. The van der Waals surface area contributed by atoms with Crippen LogP contribution in [-0.2, 0) is 9.59 Å². The van der Waals surface area contributed by atoms with E-state index in [0.29, 0.717) is 0 Å². The van der Waals surface area contributed by atoms with Crippen molar-refractivity contribution in [2.24, 2.45) is 0 Å². The van der Waals surface area contributed by atoms with E-state index < -0.39 is 29.9 Å². The van der Waals surface area contributed by atoms with Gasteiger partial charge in [0.25, 0.3) is 5.91 Å². The summed E-state index contributed by atoms with van der Waals surface area (Å²) >= 11 is 0. The summed E-state index contributed by atoms with van der Waals surface area (Å²) in [4.78, 5) is 43.7. The zero-order valence-corrected chi connectivity index (χ0v) is 16.8. The van der Waals surface area contributed by atoms with Gasteiger partial charge in [0.15, 0.2) is 0 Å². The molecule has 2 unspecified atom stereocenters. The fourth-order valence-electron chi connectivity index (χ4n) is 2.22. The molecule has 1 aromatic heterocycles. The third-order valence-electron chi connectivity index (χ3n) is 3.88. The standard InChI is InChI=1S/C19H22N4O7/c1-10(16(24)21-11(2)18(26)27)20-17(25)12-7-5-6-8-13(12)30-19-22-14(28-3)9-15(23-19)29-4/h5-11H,1-4H3,(H,20,25)(H,21,24)(H,26,27). The van der Waals surface area contributed by atoms with Crippen LogP contribution in [0.25, 0.3) is 0 Å². The fourth-order valence-corrected chi connectivity index (χ4v) is 2.22. The van der Waals surface area contributed by atoms with Gasteiger partial charge in [-0.2, -0.15) is 9.97 Å². The first-order chi connectivity index (χ1) is 14.2. The lowest BCUT2D eigenvalue weighted by Gasteiger charge is -2.17. The van der Waals surface area contributed by atoms with Crippen molar-refractivity contribution < 1.29 is 33.7 Å². The van der Waals surface area contributed by atoms with Crippen molar-refractivity contribution in [1.29, 1.82) is 0 Å². The Hall–Kier alpha value is -3.89. The van der Waals surface area contributed by atoms with Crippen molar-refractivity contribution in [3.63, 3.8) is 0 Å². The third-order valence-corrected chi connectivity index (χ3v) is 3.88. The summed E-state index contributed by atoms with van der Waals surface area (Å²) in [6.45, 7) is 2.75. The van der Waals surface area contributed by atoms with E-state index in [1.165, 1.54) is 46.3 Å². The molecule has 0 spiro atoms. The van der Waals surface area contributed by atoms with E-state index in [1.54, 1.807) is 12.1 Å². The first kappa shape index (κ1) is 22.4. The number of benzene rings is 1. The molecule has 0 saturated heterocycles. The Labute approximate surface area is 172 Å². The predicted octanol–water partition coefficient (Wildman–Crippen LogP) is 0.994. The van der Waals surface area contributed by atoms with Crippen LogP contribution in [0.15, 0.2) is 30.3 Å². The molecule has 1 heterocycles. The number of aromatic nitrogens is 2.